The van der Waals surface area contributed by atoms with Crippen LogP contribution in [0.4, 0.5) is 0 Å². The third-order valence-corrected chi connectivity index (χ3v) is 4.49. The van der Waals surface area contributed by atoms with E-state index in [4.69, 9.17) is 0 Å². The van der Waals surface area contributed by atoms with Gasteiger partial charge < -0.3 is 0 Å². The van der Waals surface area contributed by atoms with E-state index in [0.29, 0.717) is 19.5 Å². The van der Waals surface area contributed by atoms with Crippen molar-refractivity contribution in [3.8, 4) is 0 Å². The van der Waals surface area contributed by atoms with Crippen LogP contribution in [0.25, 0.3) is 0 Å². The molecule has 0 aromatic heterocycles. The quantitative estimate of drug-likeness (QED) is 0.697. The summed E-state index contributed by atoms with van der Waals surface area (Å²) in [6.45, 7) is 0.841. The van der Waals surface area contributed by atoms with Gasteiger partial charge >= 0.3 is 0 Å². The van der Waals surface area contributed by atoms with Gasteiger partial charge in [-0.15, -0.1) is 0 Å². The van der Waals surface area contributed by atoms with Gasteiger partial charge in [0.05, 0.1) is 0 Å². The minimum absolute atomic E-state index is 0.401. The highest BCUT2D eigenvalue weighted by atomic mass is 32.2. The lowest BCUT2D eigenvalue weighted by atomic mass is 10.1. The van der Waals surface area contributed by atoms with Gasteiger partial charge in [0.1, 0.15) is 0 Å². The Hall–Kier alpha value is -1.69. The zero-order valence-electron chi connectivity index (χ0n) is 12.5. The van der Waals surface area contributed by atoms with Gasteiger partial charge in [0.2, 0.25) is 0 Å². The topological polar surface area (TPSA) is 58.2 Å². The molecule has 0 radical (unpaired) electrons. The molecule has 5 heteroatoms. The number of benzene rings is 2. The molecule has 0 unspecified atom stereocenters. The van der Waals surface area contributed by atoms with Crippen LogP contribution < -0.4 is 9.44 Å². The second-order valence-corrected chi connectivity index (χ2v) is 6.70. The standard InChI is InChI=1S/C17H22N2O2S/c20-22(21,19-15-13-17-10-5-2-6-11-17)18-14-7-12-16-8-3-1-4-9-16/h1-6,8-11,18-19H,7,12-15H2. The zero-order valence-corrected chi connectivity index (χ0v) is 13.4. The molecule has 0 atom stereocenters. The maximum atomic E-state index is 11.8. The highest BCUT2D eigenvalue weighted by molar-refractivity contribution is 7.87. The van der Waals surface area contributed by atoms with Crippen molar-refractivity contribution in [2.45, 2.75) is 19.3 Å². The first-order valence-electron chi connectivity index (χ1n) is 7.48. The Labute approximate surface area is 132 Å². The average Bonchev–Trinajstić information content (AvgIpc) is 2.53. The van der Waals surface area contributed by atoms with E-state index in [1.807, 2.05) is 60.7 Å². The summed E-state index contributed by atoms with van der Waals surface area (Å²) in [6, 6.07) is 19.9. The van der Waals surface area contributed by atoms with Crippen molar-refractivity contribution in [3.63, 3.8) is 0 Å². The lowest BCUT2D eigenvalue weighted by Gasteiger charge is -2.08. The Morgan fingerprint density at radius 3 is 1.77 bits per heavy atom. The zero-order chi connectivity index (χ0) is 15.7. The first kappa shape index (κ1) is 16.7. The fourth-order valence-electron chi connectivity index (χ4n) is 2.17. The molecule has 0 aliphatic carbocycles. The first-order valence-corrected chi connectivity index (χ1v) is 8.96. The molecule has 0 aliphatic rings. The molecule has 0 saturated carbocycles. The second-order valence-electron chi connectivity index (χ2n) is 5.12. The second kappa shape index (κ2) is 8.68. The monoisotopic (exact) mass is 318 g/mol. The maximum absolute atomic E-state index is 11.8. The summed E-state index contributed by atoms with van der Waals surface area (Å²) in [7, 11) is -3.41. The predicted octanol–water partition coefficient (Wildman–Crippen LogP) is 2.29. The molecule has 2 aromatic rings. The van der Waals surface area contributed by atoms with Gasteiger partial charge in [0, 0.05) is 13.1 Å². The van der Waals surface area contributed by atoms with Crippen molar-refractivity contribution < 1.29 is 8.42 Å². The molecule has 118 valence electrons. The van der Waals surface area contributed by atoms with Gasteiger partial charge in [-0.2, -0.15) is 8.42 Å². The van der Waals surface area contributed by atoms with Gasteiger partial charge in [0.25, 0.3) is 10.2 Å². The molecule has 0 aliphatic heterocycles. The van der Waals surface area contributed by atoms with Crippen molar-refractivity contribution in [3.05, 3.63) is 71.8 Å². The number of hydrogen-bond acceptors (Lipinski definition) is 2. The van der Waals surface area contributed by atoms with Crippen LogP contribution in [0.5, 0.6) is 0 Å². The highest BCUT2D eigenvalue weighted by Gasteiger charge is 2.07. The Bertz CT molecular complexity index is 643. The average molecular weight is 318 g/mol. The molecule has 0 spiro atoms. The molecular weight excluding hydrogens is 296 g/mol. The molecule has 4 nitrogen and oxygen atoms in total. The van der Waals surface area contributed by atoms with Gasteiger partial charge in [-0.3, -0.25) is 0 Å². The number of aryl methyl sites for hydroxylation is 1. The Morgan fingerprint density at radius 2 is 1.18 bits per heavy atom. The normalized spacial score (nSPS) is 11.5. The Morgan fingerprint density at radius 1 is 0.682 bits per heavy atom. The summed E-state index contributed by atoms with van der Waals surface area (Å²) < 4.78 is 28.8. The van der Waals surface area contributed by atoms with Gasteiger partial charge in [-0.05, 0) is 30.4 Å². The highest BCUT2D eigenvalue weighted by Crippen LogP contribution is 2.02. The van der Waals surface area contributed by atoms with Crippen LogP contribution >= 0.6 is 0 Å². The minimum Gasteiger partial charge on any atom is -0.202 e. The third-order valence-electron chi connectivity index (χ3n) is 3.33. The number of hydrogen-bond donors (Lipinski definition) is 2. The first-order chi connectivity index (χ1) is 10.7. The molecule has 2 N–H and O–H groups in total. The summed E-state index contributed by atoms with van der Waals surface area (Å²) >= 11 is 0. The van der Waals surface area contributed by atoms with E-state index < -0.39 is 10.2 Å². The van der Waals surface area contributed by atoms with Crippen LogP contribution in [0.15, 0.2) is 60.7 Å². The SMILES string of the molecule is O=S(=O)(NCCCc1ccccc1)NCCc1ccccc1. The maximum Gasteiger partial charge on any atom is 0.276 e. The fourth-order valence-corrected chi connectivity index (χ4v) is 3.06. The van der Waals surface area contributed by atoms with Crippen LogP contribution in [-0.4, -0.2) is 21.5 Å². The predicted molar refractivity (Wildman–Crippen MR) is 89.8 cm³/mol. The van der Waals surface area contributed by atoms with Crippen LogP contribution in [0.3, 0.4) is 0 Å². The van der Waals surface area contributed by atoms with Gasteiger partial charge in [0.15, 0.2) is 0 Å². The Balaban J connectivity index is 1.64. The summed E-state index contributed by atoms with van der Waals surface area (Å²) in [5.74, 6) is 0. The molecule has 22 heavy (non-hydrogen) atoms. The molecule has 0 fully saturated rings. The summed E-state index contributed by atoms with van der Waals surface area (Å²) in [6.07, 6.45) is 2.34. The van der Waals surface area contributed by atoms with Crippen LogP contribution in [0.1, 0.15) is 17.5 Å². The van der Waals surface area contributed by atoms with Crippen molar-refractivity contribution in [2.24, 2.45) is 0 Å². The van der Waals surface area contributed by atoms with Crippen LogP contribution in [0, 0.1) is 0 Å². The number of rotatable bonds is 9. The van der Waals surface area contributed by atoms with E-state index >= 15 is 0 Å². The number of nitrogens with one attached hydrogen (secondary N) is 2. The molecule has 0 saturated heterocycles. The molecular formula is C17H22N2O2S. The van der Waals surface area contributed by atoms with E-state index in [1.165, 1.54) is 5.56 Å². The van der Waals surface area contributed by atoms with Gasteiger partial charge in [-0.25, -0.2) is 9.44 Å². The Kier molecular flexibility index (Phi) is 6.58. The molecule has 0 bridgehead atoms. The van der Waals surface area contributed by atoms with E-state index in [9.17, 15) is 8.42 Å². The van der Waals surface area contributed by atoms with E-state index in [1.54, 1.807) is 0 Å². The van der Waals surface area contributed by atoms with Crippen molar-refractivity contribution in [1.29, 1.82) is 0 Å². The molecule has 2 aromatic carbocycles. The molecule has 0 heterocycles. The molecule has 2 rings (SSSR count). The minimum atomic E-state index is -3.41. The van der Waals surface area contributed by atoms with Gasteiger partial charge in [-0.1, -0.05) is 60.7 Å². The summed E-state index contributed by atoms with van der Waals surface area (Å²) in [5.41, 5.74) is 2.34. The largest absolute Gasteiger partial charge is 0.276 e. The van der Waals surface area contributed by atoms with E-state index in [0.717, 1.165) is 18.4 Å². The van der Waals surface area contributed by atoms with Crippen molar-refractivity contribution >= 4 is 10.2 Å². The third kappa shape index (κ3) is 6.39. The van der Waals surface area contributed by atoms with Crippen molar-refractivity contribution in [1.82, 2.24) is 9.44 Å². The fraction of sp³-hybridized carbons (Fsp3) is 0.294. The smallest absolute Gasteiger partial charge is 0.202 e. The van der Waals surface area contributed by atoms with E-state index in [2.05, 4.69) is 9.44 Å². The van der Waals surface area contributed by atoms with Crippen molar-refractivity contribution in [2.75, 3.05) is 13.1 Å². The lowest BCUT2D eigenvalue weighted by Crippen LogP contribution is -2.38. The summed E-state index contributed by atoms with van der Waals surface area (Å²) in [5, 5.41) is 0. The van der Waals surface area contributed by atoms with Crippen LogP contribution in [-0.2, 0) is 23.1 Å². The lowest BCUT2D eigenvalue weighted by molar-refractivity contribution is 0.564. The molecule has 0 amide bonds. The summed E-state index contributed by atoms with van der Waals surface area (Å²) in [4.78, 5) is 0. The van der Waals surface area contributed by atoms with Crippen LogP contribution in [0.2, 0.25) is 0 Å². The van der Waals surface area contributed by atoms with E-state index in [-0.39, 0.29) is 0 Å².